The number of likely N-dealkylation sites (N-methyl/N-ethyl adjacent to an activating group) is 1. The van der Waals surface area contributed by atoms with E-state index in [-0.39, 0.29) is 95.7 Å². The molecule has 684 valence electrons. The van der Waals surface area contributed by atoms with Crippen LogP contribution in [0.5, 0.6) is 5.75 Å². The number of Topliss-reactive ketones (excluding diaryl/α,β-unsaturated/α-hetero) is 1. The zero-order valence-electron chi connectivity index (χ0n) is 73.8. The second kappa shape index (κ2) is 51.9. The number of nitrogens with zero attached hydrogens (tertiary/aromatic N) is 4. The number of rotatable bonds is 30. The number of likely N-dealkylation sites (tertiary alicyclic amines) is 2. The van der Waals surface area contributed by atoms with Crippen LogP contribution < -0.4 is 26.0 Å². The number of methoxy groups -OCH3 is 2. The Morgan fingerprint density at radius 2 is 1.19 bits per heavy atom. The second-order valence-electron chi connectivity index (χ2n) is 33.3. The third kappa shape index (κ3) is 33.5. The number of aliphatic hydroxyl groups is 1. The number of nitrogens with one attached hydrogen (secondary N) is 4. The number of ketones is 1. The zero-order valence-corrected chi connectivity index (χ0v) is 73.8. The van der Waals surface area contributed by atoms with Gasteiger partial charge < -0.3 is 78.8 Å². The number of hydrogen-bond acceptors (Lipinski definition) is 21. The van der Waals surface area contributed by atoms with Crippen molar-refractivity contribution in [2.24, 2.45) is 5.92 Å². The van der Waals surface area contributed by atoms with Gasteiger partial charge in [-0.05, 0) is 118 Å². The average Bonchev–Trinajstić information content (AvgIpc) is 1.64. The van der Waals surface area contributed by atoms with Crippen molar-refractivity contribution >= 4 is 65.4 Å². The lowest BCUT2D eigenvalue weighted by Gasteiger charge is -2.35. The summed E-state index contributed by atoms with van der Waals surface area (Å²) in [5, 5.41) is 20.3. The molecule has 0 aromatic heterocycles. The number of fused-ring (bicyclic) bond motifs is 4. The van der Waals surface area contributed by atoms with Crippen LogP contribution in [-0.4, -0.2) is 224 Å². The molecule has 4 fully saturated rings. The van der Waals surface area contributed by atoms with Gasteiger partial charge in [0.2, 0.25) is 35.3 Å². The predicted molar refractivity (Wildman–Crippen MR) is 474 cm³/mol. The van der Waals surface area contributed by atoms with Crippen molar-refractivity contribution in [1.82, 2.24) is 40.9 Å². The third-order valence-corrected chi connectivity index (χ3v) is 21.8. The van der Waals surface area contributed by atoms with Gasteiger partial charge in [0.1, 0.15) is 49.2 Å². The Kier molecular flexibility index (Phi) is 41.9. The summed E-state index contributed by atoms with van der Waals surface area (Å²) >= 11 is 0. The molecule has 11 rings (SSSR count). The van der Waals surface area contributed by atoms with E-state index in [9.17, 15) is 57.8 Å². The van der Waals surface area contributed by atoms with Gasteiger partial charge in [0.05, 0.1) is 102 Å². The first-order valence-electron chi connectivity index (χ1n) is 42.9. The van der Waals surface area contributed by atoms with Crippen LogP contribution in [0.15, 0.2) is 188 Å². The highest BCUT2D eigenvalue weighted by atomic mass is 16.6. The van der Waals surface area contributed by atoms with E-state index in [1.807, 2.05) is 168 Å². The summed E-state index contributed by atoms with van der Waals surface area (Å²) in [7, 11) is 5.69. The fraction of sp³-hybridized carbons (Fsp3) is 0.495. The Morgan fingerprint density at radius 1 is 0.659 bits per heavy atom. The molecule has 29 nitrogen and oxygen atoms in total. The molecule has 0 radical (unpaired) electrons. The number of esters is 2. The first kappa shape index (κ1) is 102. The molecule has 29 heteroatoms. The number of benzene rings is 6. The minimum atomic E-state index is -1.25. The molecule has 6 aromatic carbocycles. The van der Waals surface area contributed by atoms with Gasteiger partial charge in [0.25, 0.3) is 5.91 Å². The van der Waals surface area contributed by atoms with Crippen LogP contribution in [0.3, 0.4) is 0 Å². The summed E-state index contributed by atoms with van der Waals surface area (Å²) in [4.78, 5) is 149. The van der Waals surface area contributed by atoms with Crippen LogP contribution in [-0.2, 0) is 114 Å². The van der Waals surface area contributed by atoms with Crippen LogP contribution in [0, 0.1) is 5.92 Å². The average molecular weight is 1740 g/mol. The van der Waals surface area contributed by atoms with Crippen molar-refractivity contribution in [2.45, 2.75) is 231 Å². The zero-order chi connectivity index (χ0) is 90.4. The van der Waals surface area contributed by atoms with Gasteiger partial charge in [0.15, 0.2) is 0 Å². The van der Waals surface area contributed by atoms with Crippen molar-refractivity contribution in [3.63, 3.8) is 0 Å². The molecule has 1 aliphatic carbocycles. The highest BCUT2D eigenvalue weighted by molar-refractivity contribution is 6.38. The van der Waals surface area contributed by atoms with Crippen LogP contribution in [0.4, 0.5) is 9.59 Å². The molecular weight excluding hydrogens is 1610 g/mol. The first-order valence-corrected chi connectivity index (χ1v) is 42.9. The van der Waals surface area contributed by atoms with Crippen LogP contribution in [0.25, 0.3) is 0 Å². The first-order chi connectivity index (χ1) is 59.9. The van der Waals surface area contributed by atoms with Crippen LogP contribution in [0.1, 0.15) is 172 Å². The highest BCUT2D eigenvalue weighted by Gasteiger charge is 2.48. The van der Waals surface area contributed by atoms with Crippen LogP contribution >= 0.6 is 0 Å². The monoisotopic (exact) mass is 1740 g/mol. The summed E-state index contributed by atoms with van der Waals surface area (Å²) in [6.07, 6.45) is 4.99. The van der Waals surface area contributed by atoms with E-state index >= 15 is 0 Å². The quantitative estimate of drug-likeness (QED) is 0.00919. The van der Waals surface area contributed by atoms with E-state index in [2.05, 4.69) is 44.7 Å². The predicted octanol–water partition coefficient (Wildman–Crippen LogP) is 11.8. The number of β-amino-alcohol motifs (C(OH)–C–C–N with tert-alkyl or cyclic N) is 1. The standard InChI is InChI=1S/C44H60N6O9.C26H33NO6.C14H17NO5.C12H16O.CH4/c1-6-14-33(39(53)41(55)45-26-36(52)48-37(42(56)49(4)5)29-16-9-7-10-17-29)46-40(54)34-25-32-27-50(34)43(57)38(30-18-11-8-12-19-30)47-35(51)24-28-15-13-20-31(23-28)58-22-21-44(2,3)59-32;1-26(2,14-15-31-18-20-10-6-4-7-11-20)33-22-16-23(24(28)30-3)27(17-22)25(29)32-19-21-12-8-5-9-13-21;1-19-13(17)12-7-11(16)8-15(12)14(18)20-9-10-5-3-2-4-6-10;1-11(2)8-9-13-10-12-6-4-3-5-7-12;/h7,9-10,13,15-17,20,23,30,32-34,37-38H,6,8,11-12,14,18-19,21-22,24-27H2,1-5H3,(H,45,55)(H,46,54)(H,47,51)(H,48,52);4-13,22-23H,14-19H2,1-3H3;2-6,11-12,16H,7-9H2,1H3;3-7H,1,8-10H2,2H3;1H4/t32-,33?,34+,37+,38+;22-,23+;11-,12+;;/m111../s1. The number of ether oxygens (including phenoxy) is 9. The molecule has 126 heavy (non-hydrogen) atoms. The van der Waals surface area contributed by atoms with E-state index < -0.39 is 114 Å². The molecule has 4 heterocycles. The molecule has 9 atom stereocenters. The number of aliphatic hydroxyl groups excluding tert-OH is 1. The fourth-order valence-corrected chi connectivity index (χ4v) is 15.1. The number of amides is 8. The summed E-state index contributed by atoms with van der Waals surface area (Å²) < 4.78 is 50.3. The molecule has 5 N–H and O–H groups in total. The van der Waals surface area contributed by atoms with Crippen LogP contribution in [0.2, 0.25) is 0 Å². The summed E-state index contributed by atoms with van der Waals surface area (Å²) in [6.45, 7) is 18.5. The summed E-state index contributed by atoms with van der Waals surface area (Å²) in [5.41, 5.74) is 5.37. The summed E-state index contributed by atoms with van der Waals surface area (Å²) in [5.74, 6) is -4.96. The molecule has 1 unspecified atom stereocenters. The number of hydrogen-bond donors (Lipinski definition) is 5. The lowest BCUT2D eigenvalue weighted by Crippen LogP contribution is -2.58. The fourth-order valence-electron chi connectivity index (χ4n) is 15.1. The number of carbonyl (C=O) groups is 11. The van der Waals surface area contributed by atoms with Gasteiger partial charge in [0, 0.05) is 52.9 Å². The minimum absolute atomic E-state index is 0. The van der Waals surface area contributed by atoms with Crippen molar-refractivity contribution in [2.75, 3.05) is 74.3 Å². The maximum Gasteiger partial charge on any atom is 0.410 e. The molecule has 3 saturated heterocycles. The van der Waals surface area contributed by atoms with Gasteiger partial charge >= 0.3 is 24.1 Å². The van der Waals surface area contributed by atoms with Gasteiger partial charge in [-0.3, -0.25) is 43.4 Å². The second-order valence-corrected chi connectivity index (χ2v) is 33.3. The largest absolute Gasteiger partial charge is 0.493 e. The van der Waals surface area contributed by atoms with Gasteiger partial charge in [-0.1, -0.05) is 209 Å². The van der Waals surface area contributed by atoms with Crippen molar-refractivity contribution in [3.05, 3.63) is 221 Å². The Bertz CT molecular complexity index is 4440. The smallest absolute Gasteiger partial charge is 0.410 e. The lowest BCUT2D eigenvalue weighted by atomic mass is 9.83. The van der Waals surface area contributed by atoms with E-state index in [1.54, 1.807) is 51.4 Å². The normalized spacial score (nSPS) is 19.6. The number of carbonyl (C=O) groups excluding carboxylic acids is 11. The van der Waals surface area contributed by atoms with E-state index in [0.717, 1.165) is 67.4 Å². The van der Waals surface area contributed by atoms with Gasteiger partial charge in [-0.2, -0.15) is 0 Å². The third-order valence-electron chi connectivity index (χ3n) is 21.8. The topological polar surface area (TPSA) is 352 Å². The lowest BCUT2D eigenvalue weighted by molar-refractivity contribution is -0.146. The molecule has 6 aromatic rings. The molecule has 0 spiro atoms. The Labute approximate surface area is 741 Å². The maximum atomic E-state index is 14.7. The minimum Gasteiger partial charge on any atom is -0.493 e. The Balaban J connectivity index is 0.000000269. The SMILES string of the molecule is C.C=C(C)CCOCc1ccccc1.CCCC(NC(=O)[C@@H]1C[C@@H]2CN1C(=O)[C@H](C1CCCCC1)NC(=O)Cc1cccc(c1)OCCC(C)(C)O2)C(=O)C(=O)NCC(=O)N[C@H](C(=O)N(C)C)c1ccccc1.COC(=O)[C@@H]1C[C@@H](O)CN1C(=O)OCc1ccccc1.COC(=O)[C@@H]1C[C@@H](OC(C)(C)CCOCc2ccccc2)CN1C(=O)OCc1ccccc1. The highest BCUT2D eigenvalue weighted by Crippen LogP contribution is 2.34. The molecule has 5 aliphatic rings. The molecular formula is C97H130N8O21. The van der Waals surface area contributed by atoms with E-state index in [1.165, 1.54) is 45.0 Å². The van der Waals surface area contributed by atoms with Crippen molar-refractivity contribution in [3.8, 4) is 5.75 Å². The van der Waals surface area contributed by atoms with Crippen molar-refractivity contribution < 1.29 is 100 Å². The van der Waals surface area contributed by atoms with Gasteiger partial charge in [-0.25, -0.2) is 19.2 Å². The Hall–Kier alpha value is -11.4. The molecule has 8 amide bonds. The van der Waals surface area contributed by atoms with E-state index in [0.29, 0.717) is 63.4 Å². The molecule has 4 aliphatic heterocycles. The Morgan fingerprint density at radius 3 is 1.73 bits per heavy atom. The summed E-state index contributed by atoms with van der Waals surface area (Å²) in [6, 6.07) is 49.1. The van der Waals surface area contributed by atoms with E-state index in [4.69, 9.17) is 37.9 Å². The maximum absolute atomic E-state index is 14.7. The van der Waals surface area contributed by atoms with Gasteiger partial charge in [-0.15, -0.1) is 6.58 Å². The molecule has 4 bridgehead atoms. The molecule has 1 saturated carbocycles. The van der Waals surface area contributed by atoms with Crippen molar-refractivity contribution in [1.29, 1.82) is 0 Å².